The quantitative estimate of drug-likeness (QED) is 0.857. The van der Waals surface area contributed by atoms with Crippen LogP contribution in [0.4, 0.5) is 5.82 Å². The highest BCUT2D eigenvalue weighted by atomic mass is 16.5. The Morgan fingerprint density at radius 2 is 2.35 bits per heavy atom. The number of ether oxygens (including phenoxy) is 1. The highest BCUT2D eigenvalue weighted by molar-refractivity contribution is 5.43. The number of aromatic nitrogens is 1. The van der Waals surface area contributed by atoms with Crippen LogP contribution < -0.4 is 4.90 Å². The minimum Gasteiger partial charge on any atom is -0.392 e. The van der Waals surface area contributed by atoms with Crippen LogP contribution in [0.5, 0.6) is 0 Å². The molecule has 17 heavy (non-hydrogen) atoms. The van der Waals surface area contributed by atoms with Crippen LogP contribution in [0.2, 0.25) is 0 Å². The first-order chi connectivity index (χ1) is 8.24. The fraction of sp³-hybridized carbons (Fsp3) is 0.615. The van der Waals surface area contributed by atoms with Gasteiger partial charge in [-0.15, -0.1) is 0 Å². The van der Waals surface area contributed by atoms with Gasteiger partial charge in [0, 0.05) is 19.3 Å². The van der Waals surface area contributed by atoms with E-state index in [0.717, 1.165) is 43.1 Å². The minimum atomic E-state index is 0.0670. The van der Waals surface area contributed by atoms with E-state index in [1.54, 1.807) is 0 Å². The first kappa shape index (κ1) is 12.3. The Kier molecular flexibility index (Phi) is 3.97. The van der Waals surface area contributed by atoms with Crippen molar-refractivity contribution in [3.8, 4) is 0 Å². The van der Waals surface area contributed by atoms with E-state index < -0.39 is 0 Å². The van der Waals surface area contributed by atoms with Gasteiger partial charge >= 0.3 is 0 Å². The van der Waals surface area contributed by atoms with Crippen molar-refractivity contribution in [1.82, 2.24) is 4.98 Å². The lowest BCUT2D eigenvalue weighted by Gasteiger charge is -2.25. The molecule has 4 heteroatoms. The molecule has 1 fully saturated rings. The zero-order chi connectivity index (χ0) is 12.3. The Morgan fingerprint density at radius 3 is 2.94 bits per heavy atom. The highest BCUT2D eigenvalue weighted by Crippen LogP contribution is 2.20. The lowest BCUT2D eigenvalue weighted by Crippen LogP contribution is -2.32. The molecule has 94 valence electrons. The number of rotatable bonds is 4. The van der Waals surface area contributed by atoms with Crippen LogP contribution in [-0.2, 0) is 17.8 Å². The second kappa shape index (κ2) is 5.47. The Bertz CT molecular complexity index is 353. The van der Waals surface area contributed by atoms with Crippen molar-refractivity contribution >= 4 is 5.82 Å². The van der Waals surface area contributed by atoms with Crippen LogP contribution in [0.15, 0.2) is 12.1 Å². The molecule has 1 atom stereocenters. The van der Waals surface area contributed by atoms with Gasteiger partial charge in [-0.25, -0.2) is 4.98 Å². The molecule has 1 aliphatic rings. The molecule has 0 amide bonds. The summed E-state index contributed by atoms with van der Waals surface area (Å²) < 4.78 is 5.39. The standard InChI is InChI=1S/C13H20N2O2/c1-3-11-6-10(8-16)7-13(14-11)15(2)12-4-5-17-9-12/h6-7,12,16H,3-5,8-9H2,1-2H3. The molecular formula is C13H20N2O2. The predicted octanol–water partition coefficient (Wildman–Crippen LogP) is 1.36. The Labute approximate surface area is 102 Å². The number of aliphatic hydroxyl groups is 1. The first-order valence-electron chi connectivity index (χ1n) is 6.16. The highest BCUT2D eigenvalue weighted by Gasteiger charge is 2.21. The third-order valence-electron chi connectivity index (χ3n) is 3.28. The van der Waals surface area contributed by atoms with Crippen LogP contribution in [0.1, 0.15) is 24.6 Å². The number of aliphatic hydroxyl groups excluding tert-OH is 1. The SMILES string of the molecule is CCc1cc(CO)cc(N(C)C2CCOC2)n1. The molecule has 0 aromatic carbocycles. The predicted molar refractivity (Wildman–Crippen MR) is 67.2 cm³/mol. The normalized spacial score (nSPS) is 19.6. The molecule has 1 aromatic heterocycles. The van der Waals surface area contributed by atoms with E-state index in [9.17, 15) is 5.11 Å². The Balaban J connectivity index is 2.23. The van der Waals surface area contributed by atoms with E-state index >= 15 is 0 Å². The maximum atomic E-state index is 9.26. The number of hydrogen-bond acceptors (Lipinski definition) is 4. The fourth-order valence-corrected chi connectivity index (χ4v) is 2.10. The molecule has 0 bridgehead atoms. The van der Waals surface area contributed by atoms with Gasteiger partial charge < -0.3 is 14.7 Å². The molecule has 0 saturated carbocycles. The molecule has 1 unspecified atom stereocenters. The summed E-state index contributed by atoms with van der Waals surface area (Å²) in [6.45, 7) is 3.74. The molecule has 1 aromatic rings. The van der Waals surface area contributed by atoms with Crippen LogP contribution in [0, 0.1) is 0 Å². The van der Waals surface area contributed by atoms with Gasteiger partial charge in [-0.3, -0.25) is 0 Å². The summed E-state index contributed by atoms with van der Waals surface area (Å²) in [5.74, 6) is 0.934. The first-order valence-corrected chi connectivity index (χ1v) is 6.16. The Hall–Kier alpha value is -1.13. The van der Waals surface area contributed by atoms with E-state index in [2.05, 4.69) is 16.8 Å². The van der Waals surface area contributed by atoms with Crippen LogP contribution in [0.3, 0.4) is 0 Å². The van der Waals surface area contributed by atoms with Crippen LogP contribution in [0.25, 0.3) is 0 Å². The monoisotopic (exact) mass is 236 g/mol. The van der Waals surface area contributed by atoms with Crippen molar-refractivity contribution in [2.45, 2.75) is 32.4 Å². The lowest BCUT2D eigenvalue weighted by atomic mass is 10.1. The van der Waals surface area contributed by atoms with E-state index in [1.807, 2.05) is 19.2 Å². The molecule has 1 N–H and O–H groups in total. The number of hydrogen-bond donors (Lipinski definition) is 1. The summed E-state index contributed by atoms with van der Waals surface area (Å²) in [6, 6.07) is 4.32. The second-order valence-electron chi connectivity index (χ2n) is 4.46. The lowest BCUT2D eigenvalue weighted by molar-refractivity contribution is 0.193. The van der Waals surface area contributed by atoms with Crippen LogP contribution in [-0.4, -0.2) is 36.4 Å². The fourth-order valence-electron chi connectivity index (χ4n) is 2.10. The van der Waals surface area contributed by atoms with Crippen molar-refractivity contribution < 1.29 is 9.84 Å². The molecule has 1 saturated heterocycles. The smallest absolute Gasteiger partial charge is 0.129 e. The maximum Gasteiger partial charge on any atom is 0.129 e. The summed E-state index contributed by atoms with van der Waals surface area (Å²) >= 11 is 0. The molecular weight excluding hydrogens is 216 g/mol. The molecule has 0 spiro atoms. The van der Waals surface area contributed by atoms with Gasteiger partial charge in [0.2, 0.25) is 0 Å². The summed E-state index contributed by atoms with van der Waals surface area (Å²) in [5, 5.41) is 9.26. The average Bonchev–Trinajstić information content (AvgIpc) is 2.91. The molecule has 2 rings (SSSR count). The van der Waals surface area contributed by atoms with Crippen molar-refractivity contribution in [2.24, 2.45) is 0 Å². The number of anilines is 1. The topological polar surface area (TPSA) is 45.6 Å². The number of likely N-dealkylation sites (N-methyl/N-ethyl adjacent to an activating group) is 1. The number of nitrogens with zero attached hydrogens (tertiary/aromatic N) is 2. The average molecular weight is 236 g/mol. The van der Waals surface area contributed by atoms with Gasteiger partial charge in [-0.1, -0.05) is 6.92 Å². The molecule has 1 aliphatic heterocycles. The van der Waals surface area contributed by atoms with Gasteiger partial charge in [-0.05, 0) is 30.5 Å². The summed E-state index contributed by atoms with van der Waals surface area (Å²) in [5.41, 5.74) is 1.95. The zero-order valence-electron chi connectivity index (χ0n) is 10.5. The largest absolute Gasteiger partial charge is 0.392 e. The number of aryl methyl sites for hydroxylation is 1. The zero-order valence-corrected chi connectivity index (χ0v) is 10.5. The molecule has 4 nitrogen and oxygen atoms in total. The van der Waals surface area contributed by atoms with Crippen LogP contribution >= 0.6 is 0 Å². The second-order valence-corrected chi connectivity index (χ2v) is 4.46. The third-order valence-corrected chi connectivity index (χ3v) is 3.28. The van der Waals surface area contributed by atoms with Crippen molar-refractivity contribution in [3.05, 3.63) is 23.4 Å². The van der Waals surface area contributed by atoms with Gasteiger partial charge in [0.25, 0.3) is 0 Å². The summed E-state index contributed by atoms with van der Waals surface area (Å²) in [6.07, 6.45) is 1.93. The number of pyridine rings is 1. The molecule has 0 radical (unpaired) electrons. The minimum absolute atomic E-state index is 0.0670. The maximum absolute atomic E-state index is 9.26. The van der Waals surface area contributed by atoms with Crippen molar-refractivity contribution in [1.29, 1.82) is 0 Å². The molecule has 0 aliphatic carbocycles. The van der Waals surface area contributed by atoms with Gasteiger partial charge in [0.15, 0.2) is 0 Å². The Morgan fingerprint density at radius 1 is 1.53 bits per heavy atom. The van der Waals surface area contributed by atoms with Crippen molar-refractivity contribution in [3.63, 3.8) is 0 Å². The third kappa shape index (κ3) is 2.76. The molecule has 2 heterocycles. The van der Waals surface area contributed by atoms with E-state index in [0.29, 0.717) is 6.04 Å². The van der Waals surface area contributed by atoms with Gasteiger partial charge in [-0.2, -0.15) is 0 Å². The van der Waals surface area contributed by atoms with E-state index in [1.165, 1.54) is 0 Å². The summed E-state index contributed by atoms with van der Waals surface area (Å²) in [7, 11) is 2.04. The van der Waals surface area contributed by atoms with Gasteiger partial charge in [0.05, 0.1) is 19.3 Å². The van der Waals surface area contributed by atoms with E-state index in [-0.39, 0.29) is 6.61 Å². The van der Waals surface area contributed by atoms with Crippen molar-refractivity contribution in [2.75, 3.05) is 25.2 Å². The van der Waals surface area contributed by atoms with Gasteiger partial charge in [0.1, 0.15) is 5.82 Å². The van der Waals surface area contributed by atoms with E-state index in [4.69, 9.17) is 4.74 Å². The summed E-state index contributed by atoms with van der Waals surface area (Å²) in [4.78, 5) is 6.76.